The Morgan fingerprint density at radius 3 is 2.45 bits per heavy atom. The van der Waals surface area contributed by atoms with E-state index in [1.54, 1.807) is 12.1 Å². The Labute approximate surface area is 169 Å². The number of amides is 1. The van der Waals surface area contributed by atoms with Crippen molar-refractivity contribution < 1.29 is 18.0 Å². The van der Waals surface area contributed by atoms with Crippen molar-refractivity contribution in [1.29, 1.82) is 0 Å². The molecule has 5 nitrogen and oxygen atoms in total. The molecular formula is C20H16ClF3N4O. The fourth-order valence-electron chi connectivity index (χ4n) is 3.52. The Morgan fingerprint density at radius 1 is 1.07 bits per heavy atom. The van der Waals surface area contributed by atoms with E-state index in [-0.39, 0.29) is 6.04 Å². The summed E-state index contributed by atoms with van der Waals surface area (Å²) in [6.45, 7) is 1.18. The summed E-state index contributed by atoms with van der Waals surface area (Å²) in [4.78, 5) is 22.9. The first-order chi connectivity index (χ1) is 13.9. The molecule has 1 aliphatic rings. The van der Waals surface area contributed by atoms with E-state index >= 15 is 0 Å². The van der Waals surface area contributed by atoms with Crippen molar-refractivity contribution in [2.45, 2.75) is 18.9 Å². The first kappa shape index (κ1) is 19.4. The third-order valence-electron chi connectivity index (χ3n) is 4.94. The number of hydrogen-bond donors (Lipinski definition) is 1. The van der Waals surface area contributed by atoms with Crippen molar-refractivity contribution in [3.63, 3.8) is 0 Å². The fraction of sp³-hybridized carbons (Fsp3) is 0.250. The van der Waals surface area contributed by atoms with Crippen LogP contribution in [0.1, 0.15) is 23.2 Å². The van der Waals surface area contributed by atoms with Crippen molar-refractivity contribution in [2.75, 3.05) is 18.0 Å². The normalized spacial score (nSPS) is 15.0. The van der Waals surface area contributed by atoms with Crippen molar-refractivity contribution in [3.8, 4) is 0 Å². The zero-order valence-corrected chi connectivity index (χ0v) is 15.9. The lowest BCUT2D eigenvalue weighted by Crippen LogP contribution is -2.45. The van der Waals surface area contributed by atoms with Gasteiger partial charge in [-0.05, 0) is 31.0 Å². The topological polar surface area (TPSA) is 58.1 Å². The molecule has 3 aromatic rings. The van der Waals surface area contributed by atoms with Crippen LogP contribution in [-0.4, -0.2) is 35.0 Å². The Bertz CT molecular complexity index is 1060. The van der Waals surface area contributed by atoms with E-state index < -0.39 is 28.9 Å². The minimum absolute atomic E-state index is 0.259. The van der Waals surface area contributed by atoms with Crippen LogP contribution in [0.4, 0.5) is 19.0 Å². The lowest BCUT2D eigenvalue weighted by atomic mass is 10.0. The number of carbonyl (C=O) groups excluding carboxylic acids is 1. The number of hydrogen-bond acceptors (Lipinski definition) is 4. The second-order valence-electron chi connectivity index (χ2n) is 6.84. The van der Waals surface area contributed by atoms with E-state index in [1.807, 2.05) is 6.07 Å². The smallest absolute Gasteiger partial charge is 0.257 e. The molecule has 0 radical (unpaired) electrons. The summed E-state index contributed by atoms with van der Waals surface area (Å²) >= 11 is 6.02. The molecule has 4 rings (SSSR count). The summed E-state index contributed by atoms with van der Waals surface area (Å²) in [5, 5.41) is 4.09. The molecule has 0 bridgehead atoms. The molecule has 9 heteroatoms. The van der Waals surface area contributed by atoms with E-state index in [0.717, 1.165) is 16.7 Å². The first-order valence-electron chi connectivity index (χ1n) is 9.03. The average molecular weight is 421 g/mol. The van der Waals surface area contributed by atoms with Gasteiger partial charge in [0.15, 0.2) is 0 Å². The van der Waals surface area contributed by atoms with Crippen LogP contribution in [0.5, 0.6) is 0 Å². The van der Waals surface area contributed by atoms with Gasteiger partial charge < -0.3 is 10.2 Å². The first-order valence-corrected chi connectivity index (χ1v) is 9.41. The molecule has 0 saturated carbocycles. The second kappa shape index (κ2) is 7.87. The van der Waals surface area contributed by atoms with E-state index in [2.05, 4.69) is 20.2 Å². The molecule has 0 unspecified atom stereocenters. The van der Waals surface area contributed by atoms with Crippen molar-refractivity contribution >= 4 is 34.2 Å². The SMILES string of the molecule is O=C(NC1CCN(c2ncnc3cc(Cl)ccc23)CC1)c1c(F)cc(F)cc1F. The van der Waals surface area contributed by atoms with E-state index in [9.17, 15) is 18.0 Å². The van der Waals surface area contributed by atoms with Gasteiger partial charge in [-0.25, -0.2) is 23.1 Å². The van der Waals surface area contributed by atoms with Gasteiger partial charge in [-0.1, -0.05) is 11.6 Å². The van der Waals surface area contributed by atoms with E-state index in [1.165, 1.54) is 6.33 Å². The highest BCUT2D eigenvalue weighted by Crippen LogP contribution is 2.27. The summed E-state index contributed by atoms with van der Waals surface area (Å²) < 4.78 is 40.6. The number of piperidine rings is 1. The zero-order valence-electron chi connectivity index (χ0n) is 15.1. The summed E-state index contributed by atoms with van der Waals surface area (Å²) in [5.41, 5.74) is -0.0345. The van der Waals surface area contributed by atoms with Gasteiger partial charge in [0.25, 0.3) is 5.91 Å². The van der Waals surface area contributed by atoms with Crippen molar-refractivity contribution in [2.24, 2.45) is 0 Å². The fourth-order valence-corrected chi connectivity index (χ4v) is 3.69. The molecule has 0 atom stereocenters. The van der Waals surface area contributed by atoms with Gasteiger partial charge in [0.1, 0.15) is 35.2 Å². The molecular weight excluding hydrogens is 405 g/mol. The van der Waals surface area contributed by atoms with Crippen LogP contribution in [0.3, 0.4) is 0 Å². The molecule has 1 saturated heterocycles. The van der Waals surface area contributed by atoms with Crippen LogP contribution in [-0.2, 0) is 0 Å². The number of carbonyl (C=O) groups is 1. The highest BCUT2D eigenvalue weighted by molar-refractivity contribution is 6.31. The summed E-state index contributed by atoms with van der Waals surface area (Å²) in [5.74, 6) is -3.62. The van der Waals surface area contributed by atoms with Crippen LogP contribution in [0, 0.1) is 17.5 Å². The Morgan fingerprint density at radius 2 is 1.76 bits per heavy atom. The highest BCUT2D eigenvalue weighted by Gasteiger charge is 2.26. The largest absolute Gasteiger partial charge is 0.356 e. The van der Waals surface area contributed by atoms with E-state index in [4.69, 9.17) is 11.6 Å². The average Bonchev–Trinajstić information content (AvgIpc) is 2.67. The predicted octanol–water partition coefficient (Wildman–Crippen LogP) is 4.10. The van der Waals surface area contributed by atoms with Crippen LogP contribution in [0.2, 0.25) is 5.02 Å². The predicted molar refractivity (Wildman–Crippen MR) is 104 cm³/mol. The summed E-state index contributed by atoms with van der Waals surface area (Å²) in [6, 6.07) is 6.13. The number of anilines is 1. The maximum atomic E-state index is 13.8. The van der Waals surface area contributed by atoms with Crippen LogP contribution < -0.4 is 10.2 Å². The number of nitrogens with zero attached hydrogens (tertiary/aromatic N) is 3. The van der Waals surface area contributed by atoms with Gasteiger partial charge in [-0.2, -0.15) is 0 Å². The Hall–Kier alpha value is -2.87. The number of fused-ring (bicyclic) bond motifs is 1. The quantitative estimate of drug-likeness (QED) is 0.693. The van der Waals surface area contributed by atoms with Crippen LogP contribution in [0.25, 0.3) is 10.9 Å². The van der Waals surface area contributed by atoms with E-state index in [0.29, 0.717) is 43.1 Å². The minimum Gasteiger partial charge on any atom is -0.356 e. The van der Waals surface area contributed by atoms with Gasteiger partial charge in [-0.3, -0.25) is 4.79 Å². The number of aromatic nitrogens is 2. The minimum atomic E-state index is -1.22. The van der Waals surface area contributed by atoms with Gasteiger partial charge in [0.2, 0.25) is 0 Å². The third kappa shape index (κ3) is 3.98. The standard InChI is InChI=1S/C20H16ClF3N4O/c21-11-1-2-14-17(7-11)25-10-26-19(14)28-5-3-13(4-6-28)27-20(29)18-15(23)8-12(22)9-16(18)24/h1-2,7-10,13H,3-6H2,(H,27,29). The molecule has 1 N–H and O–H groups in total. The maximum absolute atomic E-state index is 13.8. The Kier molecular flexibility index (Phi) is 5.27. The monoisotopic (exact) mass is 420 g/mol. The van der Waals surface area contributed by atoms with Gasteiger partial charge >= 0.3 is 0 Å². The molecule has 29 heavy (non-hydrogen) atoms. The number of benzene rings is 2. The molecule has 0 spiro atoms. The Balaban J connectivity index is 1.45. The van der Waals surface area contributed by atoms with Crippen molar-refractivity contribution in [3.05, 3.63) is 64.7 Å². The molecule has 150 valence electrons. The maximum Gasteiger partial charge on any atom is 0.257 e. The van der Waals surface area contributed by atoms with Crippen molar-refractivity contribution in [1.82, 2.24) is 15.3 Å². The molecule has 2 heterocycles. The molecule has 1 aliphatic heterocycles. The number of rotatable bonds is 3. The van der Waals surface area contributed by atoms with Crippen LogP contribution >= 0.6 is 11.6 Å². The second-order valence-corrected chi connectivity index (χ2v) is 7.27. The molecule has 0 aliphatic carbocycles. The summed E-state index contributed by atoms with van der Waals surface area (Å²) in [7, 11) is 0. The van der Waals surface area contributed by atoms with Gasteiger partial charge in [0, 0.05) is 41.7 Å². The molecule has 1 amide bonds. The highest BCUT2D eigenvalue weighted by atomic mass is 35.5. The number of halogens is 4. The summed E-state index contributed by atoms with van der Waals surface area (Å²) in [6.07, 6.45) is 2.60. The lowest BCUT2D eigenvalue weighted by molar-refractivity contribution is 0.0922. The molecule has 1 fully saturated rings. The molecule has 1 aromatic heterocycles. The zero-order chi connectivity index (χ0) is 20.5. The number of nitrogens with one attached hydrogen (secondary N) is 1. The van der Waals surface area contributed by atoms with Gasteiger partial charge in [0.05, 0.1) is 5.52 Å². The lowest BCUT2D eigenvalue weighted by Gasteiger charge is -2.33. The molecule has 2 aromatic carbocycles. The van der Waals surface area contributed by atoms with Gasteiger partial charge in [-0.15, -0.1) is 0 Å². The van der Waals surface area contributed by atoms with Crippen LogP contribution in [0.15, 0.2) is 36.7 Å². The third-order valence-corrected chi connectivity index (χ3v) is 5.18.